The standard InChI is InChI=1S/C34H40N2O9/c1-19(35-29(37)26(20-10-8-7-9-11-20)44-31(39)45-32(2,3)4)30(38)42-23-14-15-34(40)24-18-21-12-13-22(41-6)27-25(21)33(34,28(23)43-27)16-17-36(24)5/h7-14,19,24,26,28,40H,15-18H2,1-6H3,(H,35,37)/t19-,24?,26-,28-,33-,34-/m0/s1. The molecule has 0 saturated carbocycles. The zero-order valence-electron chi connectivity index (χ0n) is 26.4. The van der Waals surface area contributed by atoms with Crippen molar-refractivity contribution in [2.75, 3.05) is 20.7 Å². The highest BCUT2D eigenvalue weighted by molar-refractivity contribution is 5.89. The first-order valence-corrected chi connectivity index (χ1v) is 15.3. The Kier molecular flexibility index (Phi) is 7.60. The summed E-state index contributed by atoms with van der Waals surface area (Å²) in [6.07, 6.45) is 0.100. The Bertz CT molecular complexity index is 1550. The van der Waals surface area contributed by atoms with Crippen LogP contribution in [0.25, 0.3) is 0 Å². The minimum Gasteiger partial charge on any atom is -0.493 e. The first-order valence-electron chi connectivity index (χ1n) is 15.3. The Balaban J connectivity index is 1.23. The summed E-state index contributed by atoms with van der Waals surface area (Å²) < 4.78 is 28.8. The smallest absolute Gasteiger partial charge is 0.493 e. The van der Waals surface area contributed by atoms with Crippen molar-refractivity contribution in [1.82, 2.24) is 10.2 Å². The second kappa shape index (κ2) is 11.1. The molecule has 2 aromatic rings. The van der Waals surface area contributed by atoms with Crippen LogP contribution in [0.1, 0.15) is 63.3 Å². The Morgan fingerprint density at radius 3 is 2.56 bits per heavy atom. The van der Waals surface area contributed by atoms with Gasteiger partial charge in [-0.3, -0.25) is 4.79 Å². The molecule has 2 aliphatic heterocycles. The van der Waals surface area contributed by atoms with Crippen LogP contribution in [-0.2, 0) is 35.6 Å². The van der Waals surface area contributed by atoms with Gasteiger partial charge < -0.3 is 39.0 Å². The number of aliphatic hydroxyl groups is 1. The summed E-state index contributed by atoms with van der Waals surface area (Å²) in [5.41, 5.74) is -0.396. The monoisotopic (exact) mass is 620 g/mol. The van der Waals surface area contributed by atoms with Crippen LogP contribution < -0.4 is 14.8 Å². The summed E-state index contributed by atoms with van der Waals surface area (Å²) >= 11 is 0. The number of carbonyl (C=O) groups is 3. The zero-order chi connectivity index (χ0) is 32.3. The largest absolute Gasteiger partial charge is 0.509 e. The number of hydrogen-bond acceptors (Lipinski definition) is 10. The summed E-state index contributed by atoms with van der Waals surface area (Å²) in [6.45, 7) is 7.28. The molecule has 11 nitrogen and oxygen atoms in total. The summed E-state index contributed by atoms with van der Waals surface area (Å²) in [4.78, 5) is 41.6. The quantitative estimate of drug-likeness (QED) is 0.442. The van der Waals surface area contributed by atoms with Gasteiger partial charge in [0.15, 0.2) is 17.6 Å². The molecule has 45 heavy (non-hydrogen) atoms. The van der Waals surface area contributed by atoms with Gasteiger partial charge in [-0.15, -0.1) is 0 Å². The summed E-state index contributed by atoms with van der Waals surface area (Å²) in [5, 5.41) is 15.0. The van der Waals surface area contributed by atoms with E-state index in [9.17, 15) is 19.5 Å². The molecule has 2 N–H and O–H groups in total. The number of nitrogens with one attached hydrogen (secondary N) is 1. The number of rotatable bonds is 7. The number of piperidine rings is 1. The SMILES string of the molecule is COc1ccc2c3c1O[C@H]1C(OC(=O)[C@H](C)NC(=O)[C@@H](OC(=O)OC(C)(C)C)c4ccccc4)=CC[C@]4(O)C(C2)N(C)CC[C@]314. The molecule has 1 amide bonds. The maximum atomic E-state index is 13.5. The highest BCUT2D eigenvalue weighted by atomic mass is 16.7. The molecule has 1 saturated heterocycles. The average molecular weight is 621 g/mol. The van der Waals surface area contributed by atoms with E-state index in [0.29, 0.717) is 29.9 Å². The minimum absolute atomic E-state index is 0.143. The van der Waals surface area contributed by atoms with Gasteiger partial charge in [-0.2, -0.15) is 0 Å². The van der Waals surface area contributed by atoms with E-state index in [4.69, 9.17) is 23.7 Å². The number of benzene rings is 2. The number of carbonyl (C=O) groups excluding carboxylic acids is 3. The van der Waals surface area contributed by atoms with Gasteiger partial charge in [-0.05, 0) is 71.8 Å². The van der Waals surface area contributed by atoms with Gasteiger partial charge >= 0.3 is 12.1 Å². The molecule has 6 rings (SSSR count). The van der Waals surface area contributed by atoms with Gasteiger partial charge in [0.25, 0.3) is 5.91 Å². The number of hydrogen-bond donors (Lipinski definition) is 2. The summed E-state index contributed by atoms with van der Waals surface area (Å²) in [6, 6.07) is 11.1. The van der Waals surface area contributed by atoms with Crippen LogP contribution >= 0.6 is 0 Å². The molecule has 1 unspecified atom stereocenters. The molecule has 240 valence electrons. The van der Waals surface area contributed by atoms with Crippen molar-refractivity contribution in [1.29, 1.82) is 0 Å². The Morgan fingerprint density at radius 1 is 1.13 bits per heavy atom. The third kappa shape index (κ3) is 5.02. The first kappa shape index (κ1) is 30.9. The fourth-order valence-electron chi connectivity index (χ4n) is 7.41. The third-order valence-corrected chi connectivity index (χ3v) is 9.43. The Labute approximate surface area is 262 Å². The summed E-state index contributed by atoms with van der Waals surface area (Å²) in [5.74, 6) is -0.0408. The lowest BCUT2D eigenvalue weighted by Gasteiger charge is -2.61. The normalized spacial score (nSPS) is 27.6. The maximum Gasteiger partial charge on any atom is 0.509 e. The molecular weight excluding hydrogens is 580 g/mol. The Hall–Kier alpha value is -4.09. The van der Waals surface area contributed by atoms with Crippen molar-refractivity contribution in [3.63, 3.8) is 0 Å². The second-order valence-electron chi connectivity index (χ2n) is 13.3. The van der Waals surface area contributed by atoms with Crippen LogP contribution in [0, 0.1) is 0 Å². The van der Waals surface area contributed by atoms with Crippen LogP contribution in [0.3, 0.4) is 0 Å². The number of likely N-dealkylation sites (N-methyl/N-ethyl adjacent to an activating group) is 1. The third-order valence-electron chi connectivity index (χ3n) is 9.43. The van der Waals surface area contributed by atoms with Gasteiger partial charge in [0.1, 0.15) is 17.4 Å². The lowest BCUT2D eigenvalue weighted by molar-refractivity contribution is -0.170. The maximum absolute atomic E-state index is 13.5. The lowest BCUT2D eigenvalue weighted by atomic mass is 9.50. The fourth-order valence-corrected chi connectivity index (χ4v) is 7.41. The van der Waals surface area contributed by atoms with E-state index in [2.05, 4.69) is 10.2 Å². The molecule has 1 spiro atoms. The van der Waals surface area contributed by atoms with E-state index in [0.717, 1.165) is 17.7 Å². The molecule has 2 heterocycles. The highest BCUT2D eigenvalue weighted by Gasteiger charge is 2.72. The van der Waals surface area contributed by atoms with Crippen LogP contribution in [0.4, 0.5) is 4.79 Å². The summed E-state index contributed by atoms with van der Waals surface area (Å²) in [7, 11) is 3.60. The molecule has 1 fully saturated rings. The number of esters is 1. The topological polar surface area (TPSA) is 133 Å². The van der Waals surface area contributed by atoms with E-state index in [-0.39, 0.29) is 18.2 Å². The van der Waals surface area contributed by atoms with Gasteiger partial charge in [-0.1, -0.05) is 36.4 Å². The lowest BCUT2D eigenvalue weighted by Crippen LogP contribution is -2.74. The number of methoxy groups -OCH3 is 1. The van der Waals surface area contributed by atoms with Gasteiger partial charge in [-0.25, -0.2) is 9.59 Å². The predicted octanol–water partition coefficient (Wildman–Crippen LogP) is 3.71. The van der Waals surface area contributed by atoms with Crippen molar-refractivity contribution < 1.29 is 43.2 Å². The molecule has 4 aliphatic rings. The van der Waals surface area contributed by atoms with Crippen molar-refractivity contribution in [3.8, 4) is 11.5 Å². The molecule has 0 radical (unpaired) electrons. The van der Waals surface area contributed by atoms with E-state index in [1.807, 2.05) is 19.2 Å². The van der Waals surface area contributed by atoms with E-state index in [1.165, 1.54) is 6.92 Å². The Morgan fingerprint density at radius 2 is 1.87 bits per heavy atom. The molecule has 0 aromatic heterocycles. The van der Waals surface area contributed by atoms with Gasteiger partial charge in [0, 0.05) is 23.6 Å². The first-order chi connectivity index (χ1) is 21.3. The van der Waals surface area contributed by atoms with Crippen LogP contribution in [0.5, 0.6) is 11.5 Å². The molecular formula is C34H40N2O9. The molecule has 2 aliphatic carbocycles. The van der Waals surface area contributed by atoms with Crippen molar-refractivity contribution in [3.05, 3.63) is 71.0 Å². The fraction of sp³-hybridized carbons (Fsp3) is 0.500. The van der Waals surface area contributed by atoms with Gasteiger partial charge in [0.05, 0.1) is 18.1 Å². The van der Waals surface area contributed by atoms with E-state index >= 15 is 0 Å². The average Bonchev–Trinajstić information content (AvgIpc) is 3.34. The van der Waals surface area contributed by atoms with E-state index in [1.54, 1.807) is 64.3 Å². The molecule has 2 aromatic carbocycles. The van der Waals surface area contributed by atoms with Crippen molar-refractivity contribution in [2.24, 2.45) is 0 Å². The second-order valence-corrected chi connectivity index (χ2v) is 13.3. The van der Waals surface area contributed by atoms with Crippen LogP contribution in [0.2, 0.25) is 0 Å². The van der Waals surface area contributed by atoms with Crippen molar-refractivity contribution in [2.45, 2.75) is 87.9 Å². The minimum atomic E-state index is -1.36. The number of nitrogens with zero attached hydrogens (tertiary/aromatic N) is 1. The van der Waals surface area contributed by atoms with E-state index < -0.39 is 52.9 Å². The zero-order valence-corrected chi connectivity index (χ0v) is 26.4. The number of amides is 1. The molecule has 6 atom stereocenters. The number of ether oxygens (including phenoxy) is 5. The van der Waals surface area contributed by atoms with Crippen LogP contribution in [0.15, 0.2) is 54.3 Å². The van der Waals surface area contributed by atoms with Crippen molar-refractivity contribution >= 4 is 18.0 Å². The van der Waals surface area contributed by atoms with Gasteiger partial charge in [0.2, 0.25) is 6.10 Å². The number of likely N-dealkylation sites (tertiary alicyclic amines) is 1. The highest BCUT2D eigenvalue weighted by Crippen LogP contribution is 2.65. The predicted molar refractivity (Wildman–Crippen MR) is 162 cm³/mol. The molecule has 2 bridgehead atoms. The molecule has 11 heteroatoms. The van der Waals surface area contributed by atoms with Crippen LogP contribution in [-0.4, -0.2) is 78.1 Å².